The molecule has 2 aromatic carbocycles. The van der Waals surface area contributed by atoms with Crippen molar-refractivity contribution in [2.24, 2.45) is 4.99 Å². The van der Waals surface area contributed by atoms with Gasteiger partial charge in [0.25, 0.3) is 0 Å². The van der Waals surface area contributed by atoms with Gasteiger partial charge >= 0.3 is 0 Å². The van der Waals surface area contributed by atoms with E-state index < -0.39 is 0 Å². The number of nitrogens with one attached hydrogen (secondary N) is 1. The molecule has 0 atom stereocenters. The highest BCUT2D eigenvalue weighted by Crippen LogP contribution is 2.40. The second-order valence-electron chi connectivity index (χ2n) is 7.96. The quantitative estimate of drug-likeness (QED) is 0.526. The minimum absolute atomic E-state index is 0.754. The summed E-state index contributed by atoms with van der Waals surface area (Å²) in [7, 11) is 0. The van der Waals surface area contributed by atoms with Gasteiger partial charge in [0.15, 0.2) is 4.96 Å². The standard InChI is InChI=1S/C24H24N6S/c1-3-7-22(29-14-11-26-20-6-2-4-8-23(20)29)19(5-1)21-16-30-18(17-31-24(30)27-21)15-28-12-9-25-10-13-28/h1-8,11,16-17,25H,9-10,12-15H2. The number of aliphatic imine (C=N–C) groups is 1. The summed E-state index contributed by atoms with van der Waals surface area (Å²) in [6.45, 7) is 6.04. The average molecular weight is 429 g/mol. The number of para-hydroxylation sites is 3. The minimum Gasteiger partial charge on any atom is -0.334 e. The van der Waals surface area contributed by atoms with E-state index in [1.54, 1.807) is 11.3 Å². The van der Waals surface area contributed by atoms with Crippen molar-refractivity contribution in [2.45, 2.75) is 6.54 Å². The molecule has 0 bridgehead atoms. The molecule has 6 rings (SSSR count). The zero-order chi connectivity index (χ0) is 20.6. The maximum absolute atomic E-state index is 5.00. The zero-order valence-corrected chi connectivity index (χ0v) is 18.1. The minimum atomic E-state index is 0.754. The van der Waals surface area contributed by atoms with Crippen LogP contribution in [0, 0.1) is 0 Å². The Bertz CT molecular complexity index is 1250. The lowest BCUT2D eigenvalue weighted by atomic mass is 10.1. The van der Waals surface area contributed by atoms with Crippen LogP contribution in [0.3, 0.4) is 0 Å². The Morgan fingerprint density at radius 2 is 1.77 bits per heavy atom. The third-order valence-electron chi connectivity index (χ3n) is 6.02. The Balaban J connectivity index is 1.37. The van der Waals surface area contributed by atoms with Crippen LogP contribution in [0.25, 0.3) is 16.2 Å². The van der Waals surface area contributed by atoms with Gasteiger partial charge < -0.3 is 10.2 Å². The normalized spacial score (nSPS) is 16.7. The summed E-state index contributed by atoms with van der Waals surface area (Å²) < 4.78 is 2.27. The lowest BCUT2D eigenvalue weighted by molar-refractivity contribution is 0.230. The van der Waals surface area contributed by atoms with Crippen LogP contribution in [0.5, 0.6) is 0 Å². The summed E-state index contributed by atoms with van der Waals surface area (Å²) in [5.41, 5.74) is 6.79. The fourth-order valence-electron chi connectivity index (χ4n) is 4.45. The van der Waals surface area contributed by atoms with Gasteiger partial charge in [-0.25, -0.2) is 4.98 Å². The van der Waals surface area contributed by atoms with Crippen molar-refractivity contribution in [1.29, 1.82) is 0 Å². The van der Waals surface area contributed by atoms with Crippen molar-refractivity contribution < 1.29 is 0 Å². The number of hydrogen-bond acceptors (Lipinski definition) is 6. The number of hydrogen-bond donors (Lipinski definition) is 1. The maximum Gasteiger partial charge on any atom is 0.194 e. The summed E-state index contributed by atoms with van der Waals surface area (Å²) in [5, 5.41) is 5.68. The first-order valence-electron chi connectivity index (χ1n) is 10.7. The number of aromatic nitrogens is 2. The van der Waals surface area contributed by atoms with Gasteiger partial charge in [-0.2, -0.15) is 0 Å². The first kappa shape index (κ1) is 18.7. The number of imidazole rings is 1. The molecule has 1 fully saturated rings. The van der Waals surface area contributed by atoms with E-state index in [2.05, 4.69) is 78.6 Å². The summed E-state index contributed by atoms with van der Waals surface area (Å²) in [6.07, 6.45) is 4.18. The van der Waals surface area contributed by atoms with E-state index in [9.17, 15) is 0 Å². The number of piperazine rings is 1. The monoisotopic (exact) mass is 428 g/mol. The van der Waals surface area contributed by atoms with Crippen LogP contribution in [0.1, 0.15) is 5.69 Å². The Kier molecular flexibility index (Phi) is 4.79. The molecule has 6 nitrogen and oxygen atoms in total. The Hall–Kier alpha value is -3.00. The molecule has 1 N–H and O–H groups in total. The van der Waals surface area contributed by atoms with E-state index in [0.717, 1.165) is 72.5 Å². The van der Waals surface area contributed by atoms with Gasteiger partial charge in [-0.05, 0) is 18.2 Å². The molecule has 0 radical (unpaired) electrons. The molecule has 1 saturated heterocycles. The van der Waals surface area contributed by atoms with E-state index in [-0.39, 0.29) is 0 Å². The van der Waals surface area contributed by atoms with Gasteiger partial charge in [0.1, 0.15) is 0 Å². The summed E-state index contributed by atoms with van der Waals surface area (Å²) in [5.74, 6) is 0. The second-order valence-corrected chi connectivity index (χ2v) is 8.80. The number of thiazole rings is 1. The predicted octanol–water partition coefficient (Wildman–Crippen LogP) is 4.32. The smallest absolute Gasteiger partial charge is 0.194 e. The molecular formula is C24H24N6S. The van der Waals surface area contributed by atoms with Crippen molar-refractivity contribution in [1.82, 2.24) is 19.6 Å². The van der Waals surface area contributed by atoms with Gasteiger partial charge in [-0.15, -0.1) is 11.3 Å². The fraction of sp³-hybridized carbons (Fsp3) is 0.250. The van der Waals surface area contributed by atoms with Crippen molar-refractivity contribution in [3.8, 4) is 11.3 Å². The highest BCUT2D eigenvalue weighted by molar-refractivity contribution is 7.15. The van der Waals surface area contributed by atoms with E-state index in [1.165, 1.54) is 5.69 Å². The number of benzene rings is 2. The van der Waals surface area contributed by atoms with E-state index in [0.29, 0.717) is 0 Å². The molecule has 0 aliphatic carbocycles. The van der Waals surface area contributed by atoms with Gasteiger partial charge in [0, 0.05) is 61.8 Å². The highest BCUT2D eigenvalue weighted by Gasteiger charge is 2.21. The van der Waals surface area contributed by atoms with Crippen LogP contribution in [-0.4, -0.2) is 53.2 Å². The first-order valence-corrected chi connectivity index (χ1v) is 11.6. The van der Waals surface area contributed by atoms with Crippen LogP contribution in [0.15, 0.2) is 65.1 Å². The molecule has 0 spiro atoms. The van der Waals surface area contributed by atoms with Crippen LogP contribution < -0.4 is 10.2 Å². The molecule has 7 heteroatoms. The van der Waals surface area contributed by atoms with Crippen LogP contribution >= 0.6 is 11.3 Å². The topological polar surface area (TPSA) is 48.2 Å². The largest absolute Gasteiger partial charge is 0.334 e. The van der Waals surface area contributed by atoms with Crippen molar-refractivity contribution >= 4 is 39.6 Å². The van der Waals surface area contributed by atoms with Crippen molar-refractivity contribution in [3.63, 3.8) is 0 Å². The first-order chi connectivity index (χ1) is 15.4. The number of rotatable bonds is 4. The van der Waals surface area contributed by atoms with E-state index in [4.69, 9.17) is 4.98 Å². The number of nitrogens with zero attached hydrogens (tertiary/aromatic N) is 5. The van der Waals surface area contributed by atoms with Gasteiger partial charge in [-0.1, -0.05) is 30.3 Å². The van der Waals surface area contributed by atoms with Crippen molar-refractivity contribution in [2.75, 3.05) is 37.6 Å². The lowest BCUT2D eigenvalue weighted by Gasteiger charge is -2.29. The summed E-state index contributed by atoms with van der Waals surface area (Å²) in [4.78, 5) is 15.5. The molecule has 31 heavy (non-hydrogen) atoms. The molecule has 4 heterocycles. The Morgan fingerprint density at radius 1 is 0.968 bits per heavy atom. The third-order valence-corrected chi connectivity index (χ3v) is 6.91. The lowest BCUT2D eigenvalue weighted by Crippen LogP contribution is -2.43. The Morgan fingerprint density at radius 3 is 2.68 bits per heavy atom. The molecule has 2 aliphatic rings. The maximum atomic E-state index is 5.00. The van der Waals surface area contributed by atoms with Gasteiger partial charge in [0.05, 0.1) is 29.3 Å². The molecule has 4 aromatic rings. The molecule has 156 valence electrons. The van der Waals surface area contributed by atoms with Gasteiger partial charge in [0.2, 0.25) is 0 Å². The number of fused-ring (bicyclic) bond motifs is 2. The molecular weight excluding hydrogens is 404 g/mol. The molecule has 0 saturated carbocycles. The number of anilines is 2. The van der Waals surface area contributed by atoms with Gasteiger partial charge in [-0.3, -0.25) is 14.3 Å². The fourth-order valence-corrected chi connectivity index (χ4v) is 5.31. The summed E-state index contributed by atoms with van der Waals surface area (Å²) >= 11 is 1.72. The second kappa shape index (κ2) is 7.92. The third kappa shape index (κ3) is 3.44. The summed E-state index contributed by atoms with van der Waals surface area (Å²) in [6, 6.07) is 16.9. The molecule has 0 unspecified atom stereocenters. The van der Waals surface area contributed by atoms with E-state index in [1.807, 2.05) is 12.3 Å². The molecule has 2 aromatic heterocycles. The van der Waals surface area contributed by atoms with Crippen LogP contribution in [-0.2, 0) is 6.54 Å². The molecule has 2 aliphatic heterocycles. The zero-order valence-electron chi connectivity index (χ0n) is 17.2. The Labute approximate surface area is 185 Å². The van der Waals surface area contributed by atoms with Crippen LogP contribution in [0.4, 0.5) is 17.1 Å². The average Bonchev–Trinajstić information content (AvgIpc) is 3.41. The SMILES string of the molecule is C1=Nc2ccccc2N(c2ccccc2-c2cn3c(CN4CCNCC4)csc3n2)C1. The highest BCUT2D eigenvalue weighted by atomic mass is 32.1. The van der Waals surface area contributed by atoms with E-state index >= 15 is 0 Å². The van der Waals surface area contributed by atoms with Crippen LogP contribution in [0.2, 0.25) is 0 Å². The predicted molar refractivity (Wildman–Crippen MR) is 128 cm³/mol. The van der Waals surface area contributed by atoms with Crippen molar-refractivity contribution in [3.05, 3.63) is 65.8 Å². The molecule has 0 amide bonds.